The summed E-state index contributed by atoms with van der Waals surface area (Å²) in [6, 6.07) is 15.7. The van der Waals surface area contributed by atoms with Crippen LogP contribution in [0.3, 0.4) is 0 Å². The first-order valence-electron chi connectivity index (χ1n) is 12.4. The first-order valence-corrected chi connectivity index (χ1v) is 15.4. The molecule has 2 aliphatic heterocycles. The van der Waals surface area contributed by atoms with Crippen molar-refractivity contribution in [2.75, 3.05) is 18.0 Å². The van der Waals surface area contributed by atoms with Gasteiger partial charge in [-0.3, -0.25) is 23.9 Å². The van der Waals surface area contributed by atoms with Crippen LogP contribution in [0.15, 0.2) is 95.3 Å². The minimum Gasteiger partial charge on any atom is -0.480 e. The topological polar surface area (TPSA) is 108 Å². The third-order valence-corrected chi connectivity index (χ3v) is 9.00. The number of carboxylic acids is 1. The van der Waals surface area contributed by atoms with Crippen LogP contribution in [0.4, 0.5) is 5.69 Å². The smallest absolute Gasteiger partial charge is 0.323 e. The van der Waals surface area contributed by atoms with Gasteiger partial charge in [0.25, 0.3) is 11.5 Å². The second-order valence-electron chi connectivity index (χ2n) is 8.70. The second-order valence-corrected chi connectivity index (χ2v) is 12.1. The number of amides is 1. The molecule has 5 rings (SSSR count). The van der Waals surface area contributed by atoms with Crippen molar-refractivity contribution in [2.24, 2.45) is 0 Å². The Kier molecular flexibility index (Phi) is 8.88. The number of aliphatic carboxylic acids is 1. The standard InChI is InChI=1S/C28H23BrN4O5S3/c1-2-31-19-14-17(29)12-13-21(19)41-22(31)11-7-6-10-20-25(36)33(16-40-18-8-4-3-5-9-18)27(38-20)24-26(37)32(15-23(34)35)28(39)30-24/h3-14H,2,15-16H2,1H3,(H,30,39)(H,34,35). The zero-order valence-corrected chi connectivity index (χ0v) is 25.6. The lowest BCUT2D eigenvalue weighted by Crippen LogP contribution is -2.35. The number of thioether (sulfide) groups is 2. The Hall–Kier alpha value is -3.52. The molecule has 0 unspecified atom stereocenters. The second kappa shape index (κ2) is 12.6. The highest BCUT2D eigenvalue weighted by molar-refractivity contribution is 9.10. The molecule has 1 aromatic heterocycles. The molecule has 2 aliphatic rings. The molecule has 9 nitrogen and oxygen atoms in total. The molecule has 0 bridgehead atoms. The number of benzene rings is 2. The summed E-state index contributed by atoms with van der Waals surface area (Å²) in [4.78, 5) is 42.9. The Labute approximate surface area is 257 Å². The maximum Gasteiger partial charge on any atom is 0.323 e. The number of hydrogen-bond donors (Lipinski definition) is 2. The number of aromatic nitrogens is 1. The molecule has 3 aromatic rings. The van der Waals surface area contributed by atoms with Gasteiger partial charge in [0.05, 0.1) is 16.6 Å². The van der Waals surface area contributed by atoms with Crippen molar-refractivity contribution in [3.63, 3.8) is 0 Å². The zero-order valence-electron chi connectivity index (χ0n) is 21.6. The van der Waals surface area contributed by atoms with Gasteiger partial charge in [-0.2, -0.15) is 0 Å². The average Bonchev–Trinajstić information content (AvgIpc) is 3.56. The first kappa shape index (κ1) is 29.0. The van der Waals surface area contributed by atoms with Gasteiger partial charge < -0.3 is 19.7 Å². The minimum atomic E-state index is -1.22. The predicted molar refractivity (Wildman–Crippen MR) is 168 cm³/mol. The van der Waals surface area contributed by atoms with Crippen LogP contribution in [-0.2, 0) is 15.5 Å². The molecule has 210 valence electrons. The van der Waals surface area contributed by atoms with Crippen molar-refractivity contribution in [1.29, 1.82) is 0 Å². The number of anilines is 1. The van der Waals surface area contributed by atoms with E-state index in [9.17, 15) is 19.5 Å². The van der Waals surface area contributed by atoms with Crippen LogP contribution in [0.5, 0.6) is 0 Å². The highest BCUT2D eigenvalue weighted by atomic mass is 79.9. The summed E-state index contributed by atoms with van der Waals surface area (Å²) in [5.41, 5.74) is 0.601. The van der Waals surface area contributed by atoms with Crippen molar-refractivity contribution in [1.82, 2.24) is 14.8 Å². The molecule has 3 heterocycles. The summed E-state index contributed by atoms with van der Waals surface area (Å²) in [5, 5.41) is 12.9. The van der Waals surface area contributed by atoms with Gasteiger partial charge in [-0.05, 0) is 61.6 Å². The van der Waals surface area contributed by atoms with Crippen LogP contribution in [-0.4, -0.2) is 44.7 Å². The normalized spacial score (nSPS) is 17.7. The summed E-state index contributed by atoms with van der Waals surface area (Å²) in [6.07, 6.45) is 7.03. The van der Waals surface area contributed by atoms with Crippen molar-refractivity contribution in [2.45, 2.75) is 22.6 Å². The van der Waals surface area contributed by atoms with E-state index in [4.69, 9.17) is 16.6 Å². The Bertz CT molecular complexity index is 1780. The van der Waals surface area contributed by atoms with Crippen LogP contribution >= 0.6 is 51.7 Å². The number of oxazole rings is 1. The van der Waals surface area contributed by atoms with E-state index >= 15 is 0 Å². The molecular formula is C28H23BrN4O5S3. The van der Waals surface area contributed by atoms with Crippen LogP contribution in [0, 0.1) is 0 Å². The lowest BCUT2D eigenvalue weighted by atomic mass is 10.3. The van der Waals surface area contributed by atoms with Gasteiger partial charge in [-0.25, -0.2) is 0 Å². The number of fused-ring (bicyclic) bond motifs is 1. The number of thiocarbonyl (C=S) groups is 1. The SMILES string of the molecule is CCN1C(=CC=CC=c2oc(=C3NC(=S)N(CC(=O)O)C3=O)n(CSc3ccccc3)c2=O)Sc2ccc(Br)cc21. The molecule has 0 spiro atoms. The monoisotopic (exact) mass is 670 g/mol. The number of carbonyl (C=O) groups excluding carboxylic acids is 1. The number of nitrogens with one attached hydrogen (secondary N) is 1. The van der Waals surface area contributed by atoms with E-state index in [0.717, 1.165) is 36.4 Å². The highest BCUT2D eigenvalue weighted by Crippen LogP contribution is 2.46. The van der Waals surface area contributed by atoms with E-state index < -0.39 is 24.0 Å². The van der Waals surface area contributed by atoms with E-state index in [-0.39, 0.29) is 27.6 Å². The van der Waals surface area contributed by atoms with Gasteiger partial charge in [-0.15, -0.1) is 11.8 Å². The van der Waals surface area contributed by atoms with Crippen LogP contribution < -0.4 is 26.7 Å². The van der Waals surface area contributed by atoms with Crippen LogP contribution in [0.25, 0.3) is 11.8 Å². The first-order chi connectivity index (χ1) is 19.8. The van der Waals surface area contributed by atoms with Crippen molar-refractivity contribution in [3.8, 4) is 0 Å². The molecule has 2 N–H and O–H groups in total. The molecule has 41 heavy (non-hydrogen) atoms. The van der Waals surface area contributed by atoms with Gasteiger partial charge in [0.2, 0.25) is 5.55 Å². The molecule has 1 saturated heterocycles. The summed E-state index contributed by atoms with van der Waals surface area (Å²) < 4.78 is 8.25. The Morgan fingerprint density at radius 1 is 1.15 bits per heavy atom. The number of nitrogens with zero attached hydrogens (tertiary/aromatic N) is 3. The molecule has 2 aromatic carbocycles. The Morgan fingerprint density at radius 2 is 1.90 bits per heavy atom. The zero-order chi connectivity index (χ0) is 29.1. The fraction of sp³-hybridized carbons (Fsp3) is 0.143. The number of rotatable bonds is 8. The summed E-state index contributed by atoms with van der Waals surface area (Å²) in [6.45, 7) is 2.27. The van der Waals surface area contributed by atoms with Gasteiger partial charge in [0, 0.05) is 20.8 Å². The van der Waals surface area contributed by atoms with E-state index in [1.54, 1.807) is 23.9 Å². The number of carboxylic acid groups (broad SMARTS) is 1. The molecule has 0 saturated carbocycles. The highest BCUT2D eigenvalue weighted by Gasteiger charge is 2.35. The van der Waals surface area contributed by atoms with E-state index in [1.807, 2.05) is 48.6 Å². The van der Waals surface area contributed by atoms with Gasteiger partial charge in [0.1, 0.15) is 6.54 Å². The van der Waals surface area contributed by atoms with E-state index in [2.05, 4.69) is 45.2 Å². The molecular weight excluding hydrogens is 648 g/mol. The quantitative estimate of drug-likeness (QED) is 0.272. The van der Waals surface area contributed by atoms with Gasteiger partial charge >= 0.3 is 5.97 Å². The predicted octanol–water partition coefficient (Wildman–Crippen LogP) is 3.67. The van der Waals surface area contributed by atoms with Crippen molar-refractivity contribution in [3.05, 3.63) is 97.6 Å². The third kappa shape index (κ3) is 6.22. The molecule has 0 aliphatic carbocycles. The largest absolute Gasteiger partial charge is 0.480 e. The van der Waals surface area contributed by atoms with Gasteiger partial charge in [0.15, 0.2) is 16.2 Å². The van der Waals surface area contributed by atoms with Crippen LogP contribution in [0.2, 0.25) is 0 Å². The van der Waals surface area contributed by atoms with Gasteiger partial charge in [-0.1, -0.05) is 58.0 Å². The molecule has 0 atom stereocenters. The van der Waals surface area contributed by atoms with Crippen molar-refractivity contribution < 1.29 is 19.1 Å². The number of carbonyl (C=O) groups is 2. The van der Waals surface area contributed by atoms with E-state index in [1.165, 1.54) is 16.3 Å². The lowest BCUT2D eigenvalue weighted by molar-refractivity contribution is -0.140. The van der Waals surface area contributed by atoms with Crippen LogP contribution in [0.1, 0.15) is 6.92 Å². The molecule has 13 heteroatoms. The molecule has 1 amide bonds. The maximum absolute atomic E-state index is 13.4. The fourth-order valence-corrected chi connectivity index (χ4v) is 6.76. The number of hydrogen-bond acceptors (Lipinski definition) is 8. The average molecular weight is 672 g/mol. The van der Waals surface area contributed by atoms with Crippen molar-refractivity contribution >= 4 is 86.1 Å². The Morgan fingerprint density at radius 3 is 2.63 bits per heavy atom. The molecule has 0 radical (unpaired) electrons. The summed E-state index contributed by atoms with van der Waals surface area (Å²) >= 11 is 11.8. The number of halogens is 1. The fourth-order valence-electron chi connectivity index (χ4n) is 4.18. The maximum atomic E-state index is 13.4. The number of allylic oxidation sites excluding steroid dienone is 3. The third-order valence-electron chi connectivity index (χ3n) is 6.06. The lowest BCUT2D eigenvalue weighted by Gasteiger charge is -2.17. The minimum absolute atomic E-state index is 0.0200. The summed E-state index contributed by atoms with van der Waals surface area (Å²) in [7, 11) is 0. The molecule has 1 fully saturated rings. The van der Waals surface area contributed by atoms with E-state index in [0.29, 0.717) is 0 Å². The summed E-state index contributed by atoms with van der Waals surface area (Å²) in [5.74, 6) is -1.74. The Balaban J connectivity index is 1.50.